The number of aryl methyl sites for hydroxylation is 1. The Labute approximate surface area is 188 Å². The third kappa shape index (κ3) is 4.75. The van der Waals surface area contributed by atoms with Crippen molar-refractivity contribution in [3.8, 4) is 5.75 Å². The van der Waals surface area contributed by atoms with Gasteiger partial charge in [0.1, 0.15) is 5.75 Å². The summed E-state index contributed by atoms with van der Waals surface area (Å²) < 4.78 is 5.31. The number of carbonyl (C=O) groups excluding carboxylic acids is 2. The average molecular weight is 430 g/mol. The summed E-state index contributed by atoms with van der Waals surface area (Å²) in [6.07, 6.45) is 0.843. The summed E-state index contributed by atoms with van der Waals surface area (Å²) in [6, 6.07) is 22.5. The van der Waals surface area contributed by atoms with Crippen LogP contribution in [0.15, 0.2) is 72.8 Å². The molecule has 164 valence electrons. The lowest BCUT2D eigenvalue weighted by molar-refractivity contribution is 0.102. The van der Waals surface area contributed by atoms with Crippen LogP contribution in [0.4, 0.5) is 16.2 Å². The minimum atomic E-state index is -0.199. The third-order valence-corrected chi connectivity index (χ3v) is 5.55. The molecular weight excluding hydrogens is 402 g/mol. The first-order chi connectivity index (χ1) is 15.5. The van der Waals surface area contributed by atoms with E-state index in [2.05, 4.69) is 5.32 Å². The van der Waals surface area contributed by atoms with Gasteiger partial charge in [0, 0.05) is 25.2 Å². The Morgan fingerprint density at radius 3 is 2.59 bits per heavy atom. The largest absolute Gasteiger partial charge is 0.497 e. The Balaban J connectivity index is 1.57. The molecule has 6 heteroatoms. The number of urea groups is 1. The molecule has 1 heterocycles. The predicted octanol–water partition coefficient (Wildman–Crippen LogP) is 5.09. The van der Waals surface area contributed by atoms with E-state index < -0.39 is 0 Å². The monoisotopic (exact) mass is 429 g/mol. The van der Waals surface area contributed by atoms with Gasteiger partial charge in [-0.05, 0) is 60.9 Å². The van der Waals surface area contributed by atoms with Crippen LogP contribution in [0.5, 0.6) is 5.75 Å². The highest BCUT2D eigenvalue weighted by atomic mass is 16.5. The Morgan fingerprint density at radius 1 is 1.00 bits per heavy atom. The summed E-state index contributed by atoms with van der Waals surface area (Å²) in [5.74, 6) is 0.573. The number of nitrogens with one attached hydrogen (secondary N) is 1. The van der Waals surface area contributed by atoms with Gasteiger partial charge in [0.15, 0.2) is 0 Å². The van der Waals surface area contributed by atoms with Crippen molar-refractivity contribution in [2.24, 2.45) is 0 Å². The highest BCUT2D eigenvalue weighted by Gasteiger charge is 2.28. The highest BCUT2D eigenvalue weighted by molar-refractivity contribution is 6.07. The van der Waals surface area contributed by atoms with E-state index in [9.17, 15) is 9.59 Å². The smallest absolute Gasteiger partial charge is 0.324 e. The molecule has 0 spiro atoms. The lowest BCUT2D eigenvalue weighted by Crippen LogP contribution is -2.49. The fourth-order valence-electron chi connectivity index (χ4n) is 3.91. The Bertz CT molecular complexity index is 1110. The van der Waals surface area contributed by atoms with Crippen LogP contribution < -0.4 is 15.0 Å². The summed E-state index contributed by atoms with van der Waals surface area (Å²) in [6.45, 7) is 3.76. The van der Waals surface area contributed by atoms with Crippen molar-refractivity contribution in [2.75, 3.05) is 30.4 Å². The standard InChI is InChI=1S/C26H27N3O3/c1-19-12-13-24(23(16-19)27-25(30)21-9-4-3-5-10-21)29-15-7-14-28(26(29)31)18-20-8-6-11-22(17-20)32-2/h3-6,8-13,16-17H,7,14-15,18H2,1-2H3,(H,27,30). The number of amides is 3. The summed E-state index contributed by atoms with van der Waals surface area (Å²) in [5, 5.41) is 3.00. The first-order valence-electron chi connectivity index (χ1n) is 10.7. The van der Waals surface area contributed by atoms with E-state index in [0.29, 0.717) is 36.6 Å². The molecular formula is C26H27N3O3. The molecule has 1 N–H and O–H groups in total. The second-order valence-electron chi connectivity index (χ2n) is 7.90. The van der Waals surface area contributed by atoms with E-state index in [1.165, 1.54) is 0 Å². The van der Waals surface area contributed by atoms with E-state index in [1.807, 2.05) is 72.5 Å². The van der Waals surface area contributed by atoms with Gasteiger partial charge in [-0.3, -0.25) is 9.69 Å². The molecule has 3 aromatic rings. The zero-order chi connectivity index (χ0) is 22.5. The Morgan fingerprint density at radius 2 is 1.81 bits per heavy atom. The number of hydrogen-bond donors (Lipinski definition) is 1. The van der Waals surface area contributed by atoms with E-state index in [-0.39, 0.29) is 11.9 Å². The zero-order valence-electron chi connectivity index (χ0n) is 18.4. The number of methoxy groups -OCH3 is 1. The van der Waals surface area contributed by atoms with Crippen LogP contribution >= 0.6 is 0 Å². The molecule has 6 nitrogen and oxygen atoms in total. The van der Waals surface area contributed by atoms with Crippen molar-refractivity contribution < 1.29 is 14.3 Å². The van der Waals surface area contributed by atoms with Crippen LogP contribution in [0.25, 0.3) is 0 Å². The number of carbonyl (C=O) groups is 2. The van der Waals surface area contributed by atoms with Gasteiger partial charge >= 0.3 is 6.03 Å². The quantitative estimate of drug-likeness (QED) is 0.594. The van der Waals surface area contributed by atoms with Gasteiger partial charge in [-0.2, -0.15) is 0 Å². The maximum Gasteiger partial charge on any atom is 0.324 e. The van der Waals surface area contributed by atoms with Gasteiger partial charge in [-0.25, -0.2) is 4.79 Å². The molecule has 0 radical (unpaired) electrons. The molecule has 0 aromatic heterocycles. The van der Waals surface area contributed by atoms with Crippen molar-refractivity contribution in [3.05, 3.63) is 89.5 Å². The number of hydrogen-bond acceptors (Lipinski definition) is 3. The van der Waals surface area contributed by atoms with Crippen molar-refractivity contribution in [2.45, 2.75) is 19.9 Å². The maximum atomic E-state index is 13.4. The molecule has 0 atom stereocenters. The summed E-state index contributed by atoms with van der Waals surface area (Å²) in [7, 11) is 1.63. The topological polar surface area (TPSA) is 61.9 Å². The molecule has 1 aliphatic rings. The second kappa shape index (κ2) is 9.56. The van der Waals surface area contributed by atoms with Gasteiger partial charge in [0.25, 0.3) is 5.91 Å². The number of rotatable bonds is 6. The molecule has 1 saturated heterocycles. The molecule has 3 amide bonds. The molecule has 0 bridgehead atoms. The van der Waals surface area contributed by atoms with Crippen LogP contribution in [0.2, 0.25) is 0 Å². The summed E-state index contributed by atoms with van der Waals surface area (Å²) in [5.41, 5.74) is 3.94. The van der Waals surface area contributed by atoms with Crippen molar-refractivity contribution in [3.63, 3.8) is 0 Å². The zero-order valence-corrected chi connectivity index (χ0v) is 18.4. The first kappa shape index (κ1) is 21.4. The molecule has 0 aliphatic carbocycles. The van der Waals surface area contributed by atoms with E-state index in [4.69, 9.17) is 4.74 Å². The lowest BCUT2D eigenvalue weighted by atomic mass is 10.1. The first-order valence-corrected chi connectivity index (χ1v) is 10.7. The summed E-state index contributed by atoms with van der Waals surface area (Å²) >= 11 is 0. The number of anilines is 2. The van der Waals surface area contributed by atoms with Gasteiger partial charge in [-0.1, -0.05) is 36.4 Å². The second-order valence-corrected chi connectivity index (χ2v) is 7.90. The Hall–Kier alpha value is -3.80. The third-order valence-electron chi connectivity index (χ3n) is 5.55. The molecule has 1 aliphatic heterocycles. The van der Waals surface area contributed by atoms with E-state index in [1.54, 1.807) is 24.1 Å². The van der Waals surface area contributed by atoms with Crippen LogP contribution in [-0.4, -0.2) is 37.0 Å². The molecule has 4 rings (SSSR count). The lowest BCUT2D eigenvalue weighted by Gasteiger charge is -2.36. The van der Waals surface area contributed by atoms with Crippen molar-refractivity contribution >= 4 is 23.3 Å². The van der Waals surface area contributed by atoms with Crippen molar-refractivity contribution in [1.29, 1.82) is 0 Å². The van der Waals surface area contributed by atoms with Crippen LogP contribution in [0.3, 0.4) is 0 Å². The van der Waals surface area contributed by atoms with Crippen LogP contribution in [0.1, 0.15) is 27.9 Å². The number of benzene rings is 3. The minimum absolute atomic E-state index is 0.0712. The normalized spacial score (nSPS) is 13.8. The van der Waals surface area contributed by atoms with Gasteiger partial charge < -0.3 is 15.0 Å². The number of ether oxygens (including phenoxy) is 1. The maximum absolute atomic E-state index is 13.4. The predicted molar refractivity (Wildman–Crippen MR) is 126 cm³/mol. The van der Waals surface area contributed by atoms with E-state index in [0.717, 1.165) is 23.3 Å². The molecule has 0 unspecified atom stereocenters. The molecule has 1 fully saturated rings. The van der Waals surface area contributed by atoms with Crippen LogP contribution in [-0.2, 0) is 6.54 Å². The number of nitrogens with zero attached hydrogens (tertiary/aromatic N) is 2. The summed E-state index contributed by atoms with van der Waals surface area (Å²) in [4.78, 5) is 29.7. The average Bonchev–Trinajstić information content (AvgIpc) is 2.81. The van der Waals surface area contributed by atoms with E-state index >= 15 is 0 Å². The molecule has 3 aromatic carbocycles. The van der Waals surface area contributed by atoms with Gasteiger partial charge in [0.05, 0.1) is 18.5 Å². The molecule has 32 heavy (non-hydrogen) atoms. The van der Waals surface area contributed by atoms with Gasteiger partial charge in [0.2, 0.25) is 0 Å². The SMILES string of the molecule is COc1cccc(CN2CCCN(c3ccc(C)cc3NC(=O)c3ccccc3)C2=O)c1. The van der Waals surface area contributed by atoms with Crippen molar-refractivity contribution in [1.82, 2.24) is 4.90 Å². The molecule has 0 saturated carbocycles. The fourth-order valence-corrected chi connectivity index (χ4v) is 3.91. The Kier molecular flexibility index (Phi) is 6.40. The van der Waals surface area contributed by atoms with Crippen LogP contribution in [0, 0.1) is 6.92 Å². The van der Waals surface area contributed by atoms with Gasteiger partial charge in [-0.15, -0.1) is 0 Å². The highest BCUT2D eigenvalue weighted by Crippen LogP contribution is 2.31. The fraction of sp³-hybridized carbons (Fsp3) is 0.231. The minimum Gasteiger partial charge on any atom is -0.497 e.